The summed E-state index contributed by atoms with van der Waals surface area (Å²) >= 11 is 0. The minimum atomic E-state index is -0.685. The number of rotatable bonds is 5. The van der Waals surface area contributed by atoms with Crippen LogP contribution in [0.3, 0.4) is 0 Å². The highest BCUT2D eigenvalue weighted by Crippen LogP contribution is 2.36. The third-order valence-corrected chi connectivity index (χ3v) is 5.26. The molecule has 0 unspecified atom stereocenters. The van der Waals surface area contributed by atoms with E-state index >= 15 is 0 Å². The van der Waals surface area contributed by atoms with E-state index in [1.807, 2.05) is 18.3 Å². The van der Waals surface area contributed by atoms with Gasteiger partial charge in [0.25, 0.3) is 5.91 Å². The van der Waals surface area contributed by atoms with E-state index in [0.29, 0.717) is 23.2 Å². The van der Waals surface area contributed by atoms with Gasteiger partial charge in [-0.2, -0.15) is 0 Å². The second kappa shape index (κ2) is 9.11. The van der Waals surface area contributed by atoms with E-state index in [9.17, 15) is 13.6 Å². The molecular weight excluding hydrogens is 438 g/mol. The zero-order chi connectivity index (χ0) is 23.5. The van der Waals surface area contributed by atoms with Crippen molar-refractivity contribution < 1.29 is 18.3 Å². The number of carbonyl (C=O) groups is 1. The van der Waals surface area contributed by atoms with E-state index in [1.165, 1.54) is 30.3 Å². The number of halogens is 2. The molecule has 3 heterocycles. The third-order valence-electron chi connectivity index (χ3n) is 5.26. The van der Waals surface area contributed by atoms with Gasteiger partial charge in [-0.1, -0.05) is 18.2 Å². The maximum absolute atomic E-state index is 14.9. The van der Waals surface area contributed by atoms with Gasteiger partial charge in [0.15, 0.2) is 11.6 Å². The van der Waals surface area contributed by atoms with Crippen LogP contribution in [0, 0.1) is 11.6 Å². The minimum absolute atomic E-state index is 0.0303. The molecule has 5 rings (SSSR count). The molecule has 1 aliphatic rings. The number of allylic oxidation sites excluding steroid dienone is 3. The fourth-order valence-electron chi connectivity index (χ4n) is 3.66. The number of pyridine rings is 1. The summed E-state index contributed by atoms with van der Waals surface area (Å²) in [5.41, 5.74) is 2.44. The lowest BCUT2D eigenvalue weighted by Gasteiger charge is -2.11. The van der Waals surface area contributed by atoms with Gasteiger partial charge in [0.1, 0.15) is 17.2 Å². The quantitative estimate of drug-likeness (QED) is 0.372. The van der Waals surface area contributed by atoms with Crippen molar-refractivity contribution in [1.29, 1.82) is 0 Å². The molecule has 168 valence electrons. The van der Waals surface area contributed by atoms with Gasteiger partial charge >= 0.3 is 0 Å². The van der Waals surface area contributed by atoms with Crippen molar-refractivity contribution in [1.82, 2.24) is 9.97 Å². The molecule has 0 spiro atoms. The lowest BCUT2D eigenvalue weighted by Crippen LogP contribution is -2.13. The predicted octanol–water partition coefficient (Wildman–Crippen LogP) is 6.26. The SMILES string of the molecule is O=C(Nc1ccc(Oc2ccnc3[nH]cc(C4=CCC=NC=C4)c23)c(F)c1)c1ccccc1F. The first kappa shape index (κ1) is 21.3. The second-order valence-corrected chi connectivity index (χ2v) is 7.46. The summed E-state index contributed by atoms with van der Waals surface area (Å²) in [4.78, 5) is 23.9. The maximum atomic E-state index is 14.9. The Hall–Kier alpha value is -4.59. The number of nitrogens with one attached hydrogen (secondary N) is 2. The molecule has 0 bridgehead atoms. The Bertz CT molecular complexity index is 1490. The van der Waals surface area contributed by atoms with Gasteiger partial charge < -0.3 is 15.0 Å². The molecule has 2 aromatic heterocycles. The van der Waals surface area contributed by atoms with Crippen LogP contribution in [0.2, 0.25) is 0 Å². The van der Waals surface area contributed by atoms with E-state index in [2.05, 4.69) is 20.3 Å². The largest absolute Gasteiger partial charge is 0.453 e. The number of H-pyrrole nitrogens is 1. The first-order valence-electron chi connectivity index (χ1n) is 10.5. The molecule has 4 aromatic rings. The van der Waals surface area contributed by atoms with Crippen molar-refractivity contribution in [3.8, 4) is 11.5 Å². The predicted molar refractivity (Wildman–Crippen MR) is 127 cm³/mol. The van der Waals surface area contributed by atoms with Crippen molar-refractivity contribution >= 4 is 34.4 Å². The van der Waals surface area contributed by atoms with Crippen LogP contribution in [0.25, 0.3) is 16.6 Å². The minimum Gasteiger partial charge on any atom is -0.453 e. The van der Waals surface area contributed by atoms with Gasteiger partial charge in [0.05, 0.1) is 10.9 Å². The van der Waals surface area contributed by atoms with Crippen LogP contribution in [0.15, 0.2) is 84.3 Å². The average molecular weight is 456 g/mol. The third kappa shape index (κ3) is 4.21. The van der Waals surface area contributed by atoms with Gasteiger partial charge in [-0.3, -0.25) is 9.79 Å². The smallest absolute Gasteiger partial charge is 0.258 e. The Labute approximate surface area is 193 Å². The lowest BCUT2D eigenvalue weighted by atomic mass is 10.0. The highest BCUT2D eigenvalue weighted by Gasteiger charge is 2.17. The average Bonchev–Trinajstić information content (AvgIpc) is 3.09. The lowest BCUT2D eigenvalue weighted by molar-refractivity contribution is 0.102. The van der Waals surface area contributed by atoms with Gasteiger partial charge in [0, 0.05) is 48.5 Å². The van der Waals surface area contributed by atoms with Crippen LogP contribution in [0.4, 0.5) is 14.5 Å². The van der Waals surface area contributed by atoms with Gasteiger partial charge in [-0.15, -0.1) is 0 Å². The number of carbonyl (C=O) groups excluding carboxylic acids is 1. The summed E-state index contributed by atoms with van der Waals surface area (Å²) in [6.45, 7) is 0. The topological polar surface area (TPSA) is 79.4 Å². The highest BCUT2D eigenvalue weighted by molar-refractivity contribution is 6.04. The summed E-state index contributed by atoms with van der Waals surface area (Å²) in [7, 11) is 0. The highest BCUT2D eigenvalue weighted by atomic mass is 19.1. The van der Waals surface area contributed by atoms with E-state index in [4.69, 9.17) is 4.74 Å². The van der Waals surface area contributed by atoms with E-state index in [1.54, 1.807) is 30.7 Å². The number of benzene rings is 2. The van der Waals surface area contributed by atoms with Crippen LogP contribution >= 0.6 is 0 Å². The first-order valence-corrected chi connectivity index (χ1v) is 10.5. The number of ether oxygens (including phenoxy) is 1. The summed E-state index contributed by atoms with van der Waals surface area (Å²) in [6, 6.07) is 11.3. The molecule has 2 N–H and O–H groups in total. The number of hydrogen-bond donors (Lipinski definition) is 2. The monoisotopic (exact) mass is 456 g/mol. The van der Waals surface area contributed by atoms with E-state index < -0.39 is 17.5 Å². The molecule has 1 amide bonds. The van der Waals surface area contributed by atoms with Crippen molar-refractivity contribution in [3.05, 3.63) is 102 Å². The Morgan fingerprint density at radius 3 is 2.79 bits per heavy atom. The molecule has 6 nitrogen and oxygen atoms in total. The summed E-state index contributed by atoms with van der Waals surface area (Å²) < 4.78 is 34.6. The number of hydrogen-bond acceptors (Lipinski definition) is 4. The molecule has 34 heavy (non-hydrogen) atoms. The molecule has 1 aliphatic heterocycles. The van der Waals surface area contributed by atoms with Crippen molar-refractivity contribution in [2.45, 2.75) is 6.42 Å². The number of aliphatic imine (C=N–C) groups is 1. The number of anilines is 1. The van der Waals surface area contributed by atoms with Crippen LogP contribution in [-0.2, 0) is 0 Å². The van der Waals surface area contributed by atoms with Crippen molar-refractivity contribution in [3.63, 3.8) is 0 Å². The molecule has 8 heteroatoms. The Morgan fingerprint density at radius 2 is 1.94 bits per heavy atom. The molecule has 2 aromatic carbocycles. The van der Waals surface area contributed by atoms with Gasteiger partial charge in [-0.05, 0) is 42.0 Å². The molecule has 0 aliphatic carbocycles. The Kier molecular flexibility index (Phi) is 5.70. The zero-order valence-corrected chi connectivity index (χ0v) is 17.8. The standard InChI is InChI=1S/C26H18F2N4O2/c27-20-6-2-1-5-18(20)26(33)32-17-7-8-22(21(28)14-17)34-23-10-13-30-25-24(23)19(15-31-25)16-4-3-11-29-12-9-16/h1-2,4-15H,3H2,(H,30,31)(H,32,33). The van der Waals surface area contributed by atoms with Gasteiger partial charge in [0.2, 0.25) is 0 Å². The number of aromatic amines is 1. The fraction of sp³-hybridized carbons (Fsp3) is 0.0385. The van der Waals surface area contributed by atoms with Crippen LogP contribution in [-0.4, -0.2) is 22.1 Å². The molecule has 0 saturated heterocycles. The fourth-order valence-corrected chi connectivity index (χ4v) is 3.66. The Balaban J connectivity index is 1.42. The Morgan fingerprint density at radius 1 is 1.06 bits per heavy atom. The normalized spacial score (nSPS) is 12.9. The molecule has 0 fully saturated rings. The molecule has 0 atom stereocenters. The molecule has 0 radical (unpaired) electrons. The molecular formula is C26H18F2N4O2. The summed E-state index contributed by atoms with van der Waals surface area (Å²) in [6.07, 6.45) is 11.5. The van der Waals surface area contributed by atoms with Crippen LogP contribution in [0.1, 0.15) is 22.3 Å². The summed E-state index contributed by atoms with van der Waals surface area (Å²) in [5, 5.41) is 3.20. The number of fused-ring (bicyclic) bond motifs is 1. The van der Waals surface area contributed by atoms with E-state index in [0.717, 1.165) is 17.2 Å². The molecule has 0 saturated carbocycles. The number of amides is 1. The number of nitrogens with zero attached hydrogens (tertiary/aromatic N) is 2. The van der Waals surface area contributed by atoms with E-state index in [-0.39, 0.29) is 17.0 Å². The van der Waals surface area contributed by atoms with Gasteiger partial charge in [-0.25, -0.2) is 13.8 Å². The van der Waals surface area contributed by atoms with Crippen molar-refractivity contribution in [2.24, 2.45) is 4.99 Å². The second-order valence-electron chi connectivity index (χ2n) is 7.46. The maximum Gasteiger partial charge on any atom is 0.258 e. The summed E-state index contributed by atoms with van der Waals surface area (Å²) in [5.74, 6) is -1.63. The van der Waals surface area contributed by atoms with Crippen LogP contribution in [0.5, 0.6) is 11.5 Å². The number of aromatic nitrogens is 2. The van der Waals surface area contributed by atoms with Crippen LogP contribution < -0.4 is 10.1 Å². The zero-order valence-electron chi connectivity index (χ0n) is 17.8. The first-order chi connectivity index (χ1) is 16.6. The van der Waals surface area contributed by atoms with Crippen molar-refractivity contribution in [2.75, 3.05) is 5.32 Å².